The van der Waals surface area contributed by atoms with Gasteiger partial charge in [-0.15, -0.1) is 0 Å². The quantitative estimate of drug-likeness (QED) is 0.606. The van der Waals surface area contributed by atoms with Gasteiger partial charge in [-0.25, -0.2) is 18.1 Å². The molecule has 1 aromatic heterocycles. The van der Waals surface area contributed by atoms with Crippen LogP contribution < -0.4 is 9.62 Å². The molecule has 1 atom stereocenters. The van der Waals surface area contributed by atoms with Gasteiger partial charge in [0.25, 0.3) is 10.0 Å². The maximum atomic E-state index is 13.1. The van der Waals surface area contributed by atoms with Gasteiger partial charge in [0.15, 0.2) is 0 Å². The number of fused-ring (bicyclic) bond motifs is 1. The van der Waals surface area contributed by atoms with Crippen molar-refractivity contribution in [2.45, 2.75) is 30.6 Å². The third-order valence-electron chi connectivity index (χ3n) is 6.60. The second kappa shape index (κ2) is 9.19. The van der Waals surface area contributed by atoms with Crippen molar-refractivity contribution in [1.82, 2.24) is 9.71 Å². The minimum Gasteiger partial charge on any atom is -0.378 e. The first-order chi connectivity index (χ1) is 16.4. The third-order valence-corrected chi connectivity index (χ3v) is 8.11. The van der Waals surface area contributed by atoms with Gasteiger partial charge in [0.05, 0.1) is 24.0 Å². The Balaban J connectivity index is 1.37. The number of carbonyl (C=O) groups excluding carboxylic acids is 1. The molecule has 1 saturated heterocycles. The third kappa shape index (κ3) is 4.31. The largest absolute Gasteiger partial charge is 0.378 e. The van der Waals surface area contributed by atoms with E-state index >= 15 is 0 Å². The number of pyridine rings is 1. The smallest absolute Gasteiger partial charge is 0.264 e. The van der Waals surface area contributed by atoms with Crippen molar-refractivity contribution < 1.29 is 17.9 Å². The number of aryl methyl sites for hydroxylation is 1. The van der Waals surface area contributed by atoms with Crippen LogP contribution in [0.15, 0.2) is 65.7 Å². The Hall–Kier alpha value is -3.23. The Bertz CT molecular complexity index is 1320. The predicted molar refractivity (Wildman–Crippen MR) is 130 cm³/mol. The van der Waals surface area contributed by atoms with Gasteiger partial charge in [0, 0.05) is 24.8 Å². The lowest BCUT2D eigenvalue weighted by atomic mass is 9.95. The first kappa shape index (κ1) is 22.6. The summed E-state index contributed by atoms with van der Waals surface area (Å²) < 4.78 is 33.4. The minimum atomic E-state index is -3.93. The molecule has 34 heavy (non-hydrogen) atoms. The van der Waals surface area contributed by atoms with E-state index in [1.54, 1.807) is 25.1 Å². The number of amides is 1. The van der Waals surface area contributed by atoms with Crippen LogP contribution >= 0.6 is 0 Å². The van der Waals surface area contributed by atoms with E-state index in [-0.39, 0.29) is 4.90 Å². The van der Waals surface area contributed by atoms with E-state index in [0.717, 1.165) is 41.2 Å². The number of hydrogen-bond acceptors (Lipinski definition) is 6. The Kier molecular flexibility index (Phi) is 6.10. The summed E-state index contributed by atoms with van der Waals surface area (Å²) in [6.45, 7) is 4.79. The molecule has 2 aliphatic rings. The molecule has 1 aliphatic carbocycles. The van der Waals surface area contributed by atoms with Crippen molar-refractivity contribution in [3.8, 4) is 11.1 Å². The number of aromatic nitrogens is 1. The molecule has 1 aliphatic heterocycles. The van der Waals surface area contributed by atoms with Gasteiger partial charge in [-0.1, -0.05) is 36.4 Å². The summed E-state index contributed by atoms with van der Waals surface area (Å²) in [7, 11) is -3.93. The van der Waals surface area contributed by atoms with Crippen LogP contribution in [-0.4, -0.2) is 45.6 Å². The number of rotatable bonds is 5. The molecular formula is C26H27N3O4S. The molecular weight excluding hydrogens is 450 g/mol. The number of sulfonamides is 1. The van der Waals surface area contributed by atoms with Crippen LogP contribution in [0.1, 0.15) is 29.0 Å². The minimum absolute atomic E-state index is 0.127. The predicted octanol–water partition coefficient (Wildman–Crippen LogP) is 3.43. The van der Waals surface area contributed by atoms with Gasteiger partial charge in [-0.2, -0.15) is 0 Å². The fourth-order valence-electron chi connectivity index (χ4n) is 4.84. The second-order valence-corrected chi connectivity index (χ2v) is 10.4. The van der Waals surface area contributed by atoms with E-state index in [2.05, 4.69) is 20.7 Å². The highest BCUT2D eigenvalue weighted by Crippen LogP contribution is 2.39. The molecule has 0 spiro atoms. The molecule has 1 unspecified atom stereocenters. The molecule has 1 fully saturated rings. The molecule has 0 bridgehead atoms. The summed E-state index contributed by atoms with van der Waals surface area (Å²) in [6, 6.07) is 16.6. The molecule has 176 valence electrons. The van der Waals surface area contributed by atoms with E-state index in [0.29, 0.717) is 31.6 Å². The highest BCUT2D eigenvalue weighted by Gasteiger charge is 2.33. The second-order valence-electron chi connectivity index (χ2n) is 8.70. The molecule has 0 saturated carbocycles. The number of nitrogens with one attached hydrogen (secondary N) is 1. The lowest BCUT2D eigenvalue weighted by molar-refractivity contribution is -0.120. The zero-order valence-corrected chi connectivity index (χ0v) is 19.8. The summed E-state index contributed by atoms with van der Waals surface area (Å²) in [6.07, 6.45) is 3.15. The number of anilines is 1. The van der Waals surface area contributed by atoms with E-state index in [4.69, 9.17) is 4.74 Å². The summed E-state index contributed by atoms with van der Waals surface area (Å²) in [5.41, 5.74) is 4.59. The van der Waals surface area contributed by atoms with Gasteiger partial charge >= 0.3 is 0 Å². The van der Waals surface area contributed by atoms with Crippen molar-refractivity contribution in [1.29, 1.82) is 0 Å². The Morgan fingerprint density at radius 2 is 1.85 bits per heavy atom. The molecule has 3 aromatic rings. The zero-order valence-electron chi connectivity index (χ0n) is 19.0. The van der Waals surface area contributed by atoms with Crippen LogP contribution in [0, 0.1) is 6.92 Å². The van der Waals surface area contributed by atoms with Crippen LogP contribution in [-0.2, 0) is 26.0 Å². The zero-order chi connectivity index (χ0) is 23.7. The van der Waals surface area contributed by atoms with Crippen LogP contribution in [0.5, 0.6) is 0 Å². The maximum absolute atomic E-state index is 13.1. The fraction of sp³-hybridized carbons (Fsp3) is 0.308. The summed E-state index contributed by atoms with van der Waals surface area (Å²) in [4.78, 5) is 20.1. The molecule has 5 rings (SSSR count). The van der Waals surface area contributed by atoms with Gasteiger partial charge in [-0.05, 0) is 60.2 Å². The van der Waals surface area contributed by atoms with E-state index < -0.39 is 21.8 Å². The number of hydrogen-bond donors (Lipinski definition) is 1. The Morgan fingerprint density at radius 1 is 1.06 bits per heavy atom. The monoisotopic (exact) mass is 477 g/mol. The number of nitrogens with zero attached hydrogens (tertiary/aromatic N) is 2. The van der Waals surface area contributed by atoms with Crippen molar-refractivity contribution in [3.05, 3.63) is 77.5 Å². The number of morpholine rings is 1. The van der Waals surface area contributed by atoms with Crippen LogP contribution in [0.3, 0.4) is 0 Å². The SMILES string of the molecule is Cc1ccccc1S(=O)(=O)NC(=O)C1CCc2c(-c3ccc(N4CCOCC4)nc3)cccc21. The molecule has 1 N–H and O–H groups in total. The summed E-state index contributed by atoms with van der Waals surface area (Å²) in [5.74, 6) is -0.0624. The lowest BCUT2D eigenvalue weighted by Gasteiger charge is -2.27. The standard InChI is InChI=1S/C26H27N3O4S/c1-18-5-2-3-8-24(18)34(31,32)28-26(30)23-11-10-22-20(6-4-7-21(22)23)19-9-12-25(27-17-19)29-13-15-33-16-14-29/h2-9,12,17,23H,10-11,13-16H2,1H3,(H,28,30). The first-order valence-corrected chi connectivity index (χ1v) is 13.0. The highest BCUT2D eigenvalue weighted by molar-refractivity contribution is 7.90. The molecule has 7 nitrogen and oxygen atoms in total. The molecule has 0 radical (unpaired) electrons. The van der Waals surface area contributed by atoms with Crippen LogP contribution in [0.4, 0.5) is 5.82 Å². The highest BCUT2D eigenvalue weighted by atomic mass is 32.2. The van der Waals surface area contributed by atoms with Crippen LogP contribution in [0.2, 0.25) is 0 Å². The van der Waals surface area contributed by atoms with E-state index in [1.807, 2.05) is 30.5 Å². The Morgan fingerprint density at radius 3 is 2.59 bits per heavy atom. The van der Waals surface area contributed by atoms with Crippen molar-refractivity contribution >= 4 is 21.7 Å². The van der Waals surface area contributed by atoms with Crippen molar-refractivity contribution in [2.75, 3.05) is 31.2 Å². The molecule has 8 heteroatoms. The van der Waals surface area contributed by atoms with E-state index in [1.165, 1.54) is 6.07 Å². The van der Waals surface area contributed by atoms with Gasteiger partial charge in [0.1, 0.15) is 5.82 Å². The topological polar surface area (TPSA) is 88.6 Å². The van der Waals surface area contributed by atoms with Gasteiger partial charge in [-0.3, -0.25) is 4.79 Å². The lowest BCUT2D eigenvalue weighted by Crippen LogP contribution is -2.36. The van der Waals surface area contributed by atoms with Crippen molar-refractivity contribution in [2.24, 2.45) is 0 Å². The normalized spacial score (nSPS) is 17.9. The number of ether oxygens (including phenoxy) is 1. The van der Waals surface area contributed by atoms with E-state index in [9.17, 15) is 13.2 Å². The van der Waals surface area contributed by atoms with Gasteiger partial charge < -0.3 is 9.64 Å². The average Bonchev–Trinajstić information content (AvgIpc) is 3.29. The Labute approximate surface area is 199 Å². The number of carbonyl (C=O) groups is 1. The van der Waals surface area contributed by atoms with Gasteiger partial charge in [0.2, 0.25) is 5.91 Å². The van der Waals surface area contributed by atoms with Crippen LogP contribution in [0.25, 0.3) is 11.1 Å². The maximum Gasteiger partial charge on any atom is 0.264 e. The fourth-order valence-corrected chi connectivity index (χ4v) is 6.11. The molecule has 2 heterocycles. The average molecular weight is 478 g/mol. The van der Waals surface area contributed by atoms with Crippen molar-refractivity contribution in [3.63, 3.8) is 0 Å². The summed E-state index contributed by atoms with van der Waals surface area (Å²) in [5, 5.41) is 0. The first-order valence-electron chi connectivity index (χ1n) is 11.5. The molecule has 1 amide bonds. The molecule has 2 aromatic carbocycles. The summed E-state index contributed by atoms with van der Waals surface area (Å²) >= 11 is 0. The number of benzene rings is 2.